The zero-order chi connectivity index (χ0) is 22.9. The largest absolute Gasteiger partial charge is 0.379 e. The monoisotopic (exact) mass is 448 g/mol. The van der Waals surface area contributed by atoms with Crippen LogP contribution in [0.3, 0.4) is 0 Å². The average molecular weight is 448 g/mol. The fourth-order valence-corrected chi connectivity index (χ4v) is 3.32. The van der Waals surface area contributed by atoms with E-state index in [0.717, 1.165) is 60.5 Å². The minimum absolute atomic E-state index is 0.521. The molecule has 2 aliphatic rings. The van der Waals surface area contributed by atoms with Gasteiger partial charge in [-0.15, -0.1) is 0 Å². The van der Waals surface area contributed by atoms with Gasteiger partial charge in [-0.2, -0.15) is 18.2 Å². The second-order valence-corrected chi connectivity index (χ2v) is 7.54. The van der Waals surface area contributed by atoms with Crippen molar-refractivity contribution in [1.29, 1.82) is 0 Å². The van der Waals surface area contributed by atoms with Gasteiger partial charge < -0.3 is 9.64 Å². The zero-order valence-corrected chi connectivity index (χ0v) is 18.2. The van der Waals surface area contributed by atoms with Crippen LogP contribution in [0.2, 0.25) is 0 Å². The summed E-state index contributed by atoms with van der Waals surface area (Å²) in [6, 6.07) is 5.86. The van der Waals surface area contributed by atoms with E-state index in [9.17, 15) is 13.2 Å². The first-order valence-corrected chi connectivity index (χ1v) is 10.6. The van der Waals surface area contributed by atoms with Crippen molar-refractivity contribution >= 4 is 17.1 Å². The second kappa shape index (κ2) is 11.7. The lowest BCUT2D eigenvalue weighted by Crippen LogP contribution is -2.37. The maximum absolute atomic E-state index is 9.67. The molecule has 172 valence electrons. The van der Waals surface area contributed by atoms with Gasteiger partial charge in [-0.25, -0.2) is 15.0 Å². The molecule has 0 aromatic carbocycles. The number of aryl methyl sites for hydroxylation is 2. The normalized spacial score (nSPS) is 16.0. The lowest BCUT2D eigenvalue weighted by atomic mass is 9.82. The van der Waals surface area contributed by atoms with Crippen LogP contribution in [0.5, 0.6) is 0 Å². The molecule has 7 nitrogen and oxygen atoms in total. The lowest BCUT2D eigenvalue weighted by Gasteiger charge is -2.29. The quantitative estimate of drug-likeness (QED) is 0.575. The average Bonchev–Trinajstić information content (AvgIpc) is 2.73. The van der Waals surface area contributed by atoms with Gasteiger partial charge in [-0.1, -0.05) is 12.5 Å². The van der Waals surface area contributed by atoms with Crippen LogP contribution in [-0.4, -0.2) is 57.9 Å². The number of hydrogen-bond donors (Lipinski definition) is 0. The molecule has 0 spiro atoms. The van der Waals surface area contributed by atoms with E-state index in [4.69, 9.17) is 9.72 Å². The molecule has 4 heterocycles. The first kappa shape index (κ1) is 23.8. The van der Waals surface area contributed by atoms with E-state index < -0.39 is 6.68 Å². The van der Waals surface area contributed by atoms with Gasteiger partial charge in [0.15, 0.2) is 5.65 Å². The summed E-state index contributed by atoms with van der Waals surface area (Å²) in [5.41, 5.74) is 4.66. The van der Waals surface area contributed by atoms with Crippen molar-refractivity contribution in [2.75, 3.05) is 31.2 Å². The minimum atomic E-state index is -3.67. The highest BCUT2D eigenvalue weighted by Crippen LogP contribution is 2.38. The maximum Gasteiger partial charge on any atom is 0.379 e. The first-order valence-electron chi connectivity index (χ1n) is 10.6. The Bertz CT molecular complexity index is 979. The lowest BCUT2D eigenvalue weighted by molar-refractivity contribution is 0.00819. The van der Waals surface area contributed by atoms with Crippen LogP contribution in [0, 0.1) is 13.8 Å². The summed E-state index contributed by atoms with van der Waals surface area (Å²) < 4.78 is 34.4. The number of ether oxygens (including phenoxy) is 1. The molecular formula is C22H27F3N6O. The molecule has 10 heteroatoms. The van der Waals surface area contributed by atoms with E-state index in [2.05, 4.69) is 24.8 Å². The molecule has 3 aromatic rings. The number of hydrogen-bond acceptors (Lipinski definition) is 7. The van der Waals surface area contributed by atoms with Gasteiger partial charge in [0.2, 0.25) is 5.95 Å². The number of pyridine rings is 1. The van der Waals surface area contributed by atoms with Crippen LogP contribution in [0.25, 0.3) is 11.2 Å². The topological polar surface area (TPSA) is 76.9 Å². The maximum atomic E-state index is 9.67. The summed E-state index contributed by atoms with van der Waals surface area (Å²) in [5.74, 6) is 1.31. The molecule has 0 N–H and O–H groups in total. The number of alkyl halides is 3. The van der Waals surface area contributed by atoms with Crippen molar-refractivity contribution in [1.82, 2.24) is 24.9 Å². The Labute approximate surface area is 185 Å². The van der Waals surface area contributed by atoms with Gasteiger partial charge in [-0.3, -0.25) is 4.98 Å². The van der Waals surface area contributed by atoms with Crippen molar-refractivity contribution in [3.8, 4) is 0 Å². The molecular weight excluding hydrogens is 421 g/mol. The predicted octanol–water partition coefficient (Wildman–Crippen LogP) is 4.40. The van der Waals surface area contributed by atoms with Gasteiger partial charge >= 0.3 is 6.68 Å². The van der Waals surface area contributed by atoms with Gasteiger partial charge in [0.1, 0.15) is 5.52 Å². The molecule has 5 rings (SSSR count). The number of nitrogens with zero attached hydrogens (tertiary/aromatic N) is 6. The number of aromatic nitrogens is 5. The summed E-state index contributed by atoms with van der Waals surface area (Å²) in [5, 5.41) is 0. The molecule has 0 radical (unpaired) electrons. The Balaban J connectivity index is 0.000000218. The summed E-state index contributed by atoms with van der Waals surface area (Å²) in [6.07, 6.45) is 7.27. The smallest absolute Gasteiger partial charge is 0.378 e. The first-order chi connectivity index (χ1) is 15.4. The number of anilines is 1. The third-order valence-electron chi connectivity index (χ3n) is 5.14. The van der Waals surface area contributed by atoms with Crippen molar-refractivity contribution in [3.63, 3.8) is 0 Å². The van der Waals surface area contributed by atoms with Crippen LogP contribution >= 0.6 is 0 Å². The standard InChI is InChI=1S/C15H19N5O.C6H7N.CHF3/c1-10-9-16-13-12(11-3-2-4-11)18-15(19-14(13)17-10)20-5-7-21-8-6-20;1-6-4-2-3-5-7-6;2-1(3)4/h9,11H,2-8H2,1H3;2-5H,1H3;1H. The van der Waals surface area contributed by atoms with E-state index in [0.29, 0.717) is 5.92 Å². The molecule has 0 bridgehead atoms. The molecule has 0 unspecified atom stereocenters. The van der Waals surface area contributed by atoms with Gasteiger partial charge in [0.25, 0.3) is 0 Å². The molecule has 1 saturated heterocycles. The van der Waals surface area contributed by atoms with Crippen LogP contribution in [0.4, 0.5) is 19.1 Å². The molecule has 0 amide bonds. The van der Waals surface area contributed by atoms with Crippen molar-refractivity contribution in [3.05, 3.63) is 47.7 Å². The highest BCUT2D eigenvalue weighted by atomic mass is 19.4. The molecule has 3 aromatic heterocycles. The van der Waals surface area contributed by atoms with E-state index >= 15 is 0 Å². The van der Waals surface area contributed by atoms with Crippen LogP contribution in [0.1, 0.15) is 42.3 Å². The summed E-state index contributed by atoms with van der Waals surface area (Å²) in [4.78, 5) is 24.7. The number of rotatable bonds is 2. The third kappa shape index (κ3) is 6.81. The zero-order valence-electron chi connectivity index (χ0n) is 18.2. The van der Waals surface area contributed by atoms with Gasteiger partial charge in [0, 0.05) is 37.1 Å². The van der Waals surface area contributed by atoms with Crippen molar-refractivity contribution in [2.24, 2.45) is 0 Å². The molecule has 0 atom stereocenters. The molecule has 32 heavy (non-hydrogen) atoms. The third-order valence-corrected chi connectivity index (χ3v) is 5.14. The van der Waals surface area contributed by atoms with E-state index in [-0.39, 0.29) is 0 Å². The number of halogens is 3. The molecule has 1 saturated carbocycles. The van der Waals surface area contributed by atoms with Crippen LogP contribution < -0.4 is 4.90 Å². The Morgan fingerprint density at radius 2 is 1.69 bits per heavy atom. The van der Waals surface area contributed by atoms with Crippen molar-refractivity contribution < 1.29 is 17.9 Å². The van der Waals surface area contributed by atoms with Crippen LogP contribution in [-0.2, 0) is 4.74 Å². The fourth-order valence-electron chi connectivity index (χ4n) is 3.32. The summed E-state index contributed by atoms with van der Waals surface area (Å²) in [7, 11) is 0. The Hall–Kier alpha value is -2.88. The van der Waals surface area contributed by atoms with Gasteiger partial charge in [0.05, 0.1) is 24.6 Å². The predicted molar refractivity (Wildman–Crippen MR) is 116 cm³/mol. The van der Waals surface area contributed by atoms with E-state index in [1.165, 1.54) is 19.3 Å². The molecule has 2 fully saturated rings. The van der Waals surface area contributed by atoms with E-state index in [1.807, 2.05) is 38.2 Å². The molecule has 1 aliphatic carbocycles. The Kier molecular flexibility index (Phi) is 8.66. The number of fused-ring (bicyclic) bond motifs is 1. The number of morpholine rings is 1. The molecule has 1 aliphatic heterocycles. The summed E-state index contributed by atoms with van der Waals surface area (Å²) in [6.45, 7) is 3.41. The second-order valence-electron chi connectivity index (χ2n) is 7.54. The van der Waals surface area contributed by atoms with Crippen LogP contribution in [0.15, 0.2) is 30.6 Å². The van der Waals surface area contributed by atoms with Gasteiger partial charge in [-0.05, 0) is 38.8 Å². The highest BCUT2D eigenvalue weighted by molar-refractivity contribution is 5.74. The van der Waals surface area contributed by atoms with E-state index in [1.54, 1.807) is 6.20 Å². The van der Waals surface area contributed by atoms with Crippen molar-refractivity contribution in [2.45, 2.75) is 45.7 Å². The Morgan fingerprint density at radius 3 is 2.22 bits per heavy atom. The fraction of sp³-hybridized carbons (Fsp3) is 0.500. The minimum Gasteiger partial charge on any atom is -0.378 e. The SMILES string of the molecule is Cc1ccccn1.Cc1cnc2c(C3CCC3)nc(N3CCOCC3)nc2n1.FC(F)F. The summed E-state index contributed by atoms with van der Waals surface area (Å²) >= 11 is 0. The highest BCUT2D eigenvalue weighted by Gasteiger charge is 2.26. The Morgan fingerprint density at radius 1 is 0.969 bits per heavy atom.